The van der Waals surface area contributed by atoms with Crippen LogP contribution in [0, 0.1) is 5.82 Å². The molecule has 0 atom stereocenters. The zero-order valence-electron chi connectivity index (χ0n) is 8.10. The Balaban J connectivity index is 2.20. The summed E-state index contributed by atoms with van der Waals surface area (Å²) in [5, 5.41) is 12.8. The predicted octanol–water partition coefficient (Wildman–Crippen LogP) is 1.56. The minimum Gasteiger partial charge on any atom is -0.392 e. The normalized spacial score (nSPS) is 10.5. The molecule has 1 aromatic heterocycles. The quantitative estimate of drug-likeness (QED) is 0.827. The van der Waals surface area contributed by atoms with Crippen LogP contribution in [0.1, 0.15) is 11.1 Å². The molecule has 0 fully saturated rings. The number of hydrogen-bond acceptors (Lipinski definition) is 2. The van der Waals surface area contributed by atoms with E-state index in [4.69, 9.17) is 5.11 Å². The van der Waals surface area contributed by atoms with Crippen LogP contribution < -0.4 is 0 Å². The minimum atomic E-state index is -0.373. The van der Waals surface area contributed by atoms with Crippen molar-refractivity contribution in [2.75, 3.05) is 0 Å². The van der Waals surface area contributed by atoms with Crippen molar-refractivity contribution >= 4 is 0 Å². The highest BCUT2D eigenvalue weighted by Gasteiger charge is 2.02. The minimum absolute atomic E-state index is 0.270. The Labute approximate surface area is 86.8 Å². The summed E-state index contributed by atoms with van der Waals surface area (Å²) in [5.74, 6) is -0.373. The fourth-order valence-electron chi connectivity index (χ4n) is 1.40. The molecule has 0 aliphatic rings. The Morgan fingerprint density at radius 3 is 2.87 bits per heavy atom. The summed E-state index contributed by atoms with van der Waals surface area (Å²) in [7, 11) is 0. The Kier molecular flexibility index (Phi) is 2.78. The van der Waals surface area contributed by atoms with Gasteiger partial charge in [-0.15, -0.1) is 0 Å². The molecule has 0 bridgehead atoms. The molecule has 1 heterocycles. The van der Waals surface area contributed by atoms with Gasteiger partial charge in [0.1, 0.15) is 5.82 Å². The summed E-state index contributed by atoms with van der Waals surface area (Å²) >= 11 is 0. The van der Waals surface area contributed by atoms with E-state index < -0.39 is 0 Å². The third-order valence-electron chi connectivity index (χ3n) is 2.19. The van der Waals surface area contributed by atoms with Crippen molar-refractivity contribution in [3.8, 4) is 0 Å². The van der Waals surface area contributed by atoms with Crippen LogP contribution in [0.4, 0.5) is 4.39 Å². The fraction of sp³-hybridized carbons (Fsp3) is 0.182. The second-order valence-corrected chi connectivity index (χ2v) is 3.29. The van der Waals surface area contributed by atoms with Crippen LogP contribution in [0.5, 0.6) is 0 Å². The van der Waals surface area contributed by atoms with Crippen molar-refractivity contribution in [2.45, 2.75) is 13.2 Å². The van der Waals surface area contributed by atoms with Crippen LogP contribution in [0.2, 0.25) is 0 Å². The van der Waals surface area contributed by atoms with E-state index in [9.17, 15) is 4.39 Å². The monoisotopic (exact) mass is 206 g/mol. The van der Waals surface area contributed by atoms with Crippen LogP contribution in [0.3, 0.4) is 0 Å². The van der Waals surface area contributed by atoms with Gasteiger partial charge >= 0.3 is 0 Å². The summed E-state index contributed by atoms with van der Waals surface area (Å²) < 4.78 is 15.0. The highest BCUT2D eigenvalue weighted by Crippen LogP contribution is 2.11. The molecule has 2 rings (SSSR count). The van der Waals surface area contributed by atoms with E-state index >= 15 is 0 Å². The van der Waals surface area contributed by atoms with Gasteiger partial charge in [-0.2, -0.15) is 5.10 Å². The Bertz CT molecular complexity index is 440. The molecule has 0 amide bonds. The molecule has 0 spiro atoms. The van der Waals surface area contributed by atoms with Gasteiger partial charge < -0.3 is 5.11 Å². The van der Waals surface area contributed by atoms with E-state index in [1.54, 1.807) is 23.0 Å². The molecular formula is C11H11FN2O. The summed E-state index contributed by atoms with van der Waals surface area (Å²) in [4.78, 5) is 0. The summed E-state index contributed by atoms with van der Waals surface area (Å²) in [6, 6.07) is 6.62. The Morgan fingerprint density at radius 1 is 1.40 bits per heavy atom. The highest BCUT2D eigenvalue weighted by molar-refractivity contribution is 5.24. The summed E-state index contributed by atoms with van der Waals surface area (Å²) in [6.45, 7) is 0.267. The molecule has 0 radical (unpaired) electrons. The lowest BCUT2D eigenvalue weighted by molar-refractivity contribution is 0.275. The first-order chi connectivity index (χ1) is 7.29. The van der Waals surface area contributed by atoms with Gasteiger partial charge in [0.2, 0.25) is 0 Å². The predicted molar refractivity (Wildman–Crippen MR) is 53.7 cm³/mol. The van der Waals surface area contributed by atoms with Crippen molar-refractivity contribution in [1.82, 2.24) is 9.78 Å². The first kappa shape index (κ1) is 9.86. The zero-order chi connectivity index (χ0) is 10.7. The van der Waals surface area contributed by atoms with Crippen LogP contribution in [0.25, 0.3) is 0 Å². The van der Waals surface area contributed by atoms with Gasteiger partial charge in [0, 0.05) is 18.0 Å². The van der Waals surface area contributed by atoms with E-state index in [-0.39, 0.29) is 12.4 Å². The number of aliphatic hydroxyl groups excluding tert-OH is 1. The molecule has 0 saturated carbocycles. The van der Waals surface area contributed by atoms with E-state index in [0.717, 1.165) is 5.56 Å². The van der Waals surface area contributed by atoms with Gasteiger partial charge in [0.25, 0.3) is 0 Å². The maximum atomic E-state index is 13.3. The van der Waals surface area contributed by atoms with E-state index in [2.05, 4.69) is 5.10 Å². The zero-order valence-corrected chi connectivity index (χ0v) is 8.10. The van der Waals surface area contributed by atoms with Gasteiger partial charge in [0.05, 0.1) is 13.2 Å². The maximum absolute atomic E-state index is 13.3. The van der Waals surface area contributed by atoms with E-state index in [1.165, 1.54) is 6.07 Å². The molecule has 0 saturated heterocycles. The van der Waals surface area contributed by atoms with Crippen LogP contribution in [-0.2, 0) is 13.2 Å². The lowest BCUT2D eigenvalue weighted by Gasteiger charge is -2.04. The molecule has 0 aliphatic heterocycles. The van der Waals surface area contributed by atoms with Gasteiger partial charge in [-0.25, -0.2) is 4.39 Å². The number of hydrogen-bond donors (Lipinski definition) is 1. The number of nitrogens with zero attached hydrogens (tertiary/aromatic N) is 2. The summed E-state index contributed by atoms with van der Waals surface area (Å²) in [5.41, 5.74) is 1.15. The Morgan fingerprint density at radius 2 is 2.27 bits per heavy atom. The molecule has 1 aromatic carbocycles. The van der Waals surface area contributed by atoms with Crippen molar-refractivity contribution < 1.29 is 9.50 Å². The van der Waals surface area contributed by atoms with E-state index in [0.29, 0.717) is 12.1 Å². The number of benzene rings is 1. The molecule has 2 aromatic rings. The average Bonchev–Trinajstić information content (AvgIpc) is 2.71. The second-order valence-electron chi connectivity index (χ2n) is 3.29. The van der Waals surface area contributed by atoms with Crippen LogP contribution in [0.15, 0.2) is 36.7 Å². The third-order valence-corrected chi connectivity index (χ3v) is 2.19. The maximum Gasteiger partial charge on any atom is 0.129 e. The van der Waals surface area contributed by atoms with Gasteiger partial charge in [0.15, 0.2) is 0 Å². The number of aromatic nitrogens is 2. The van der Waals surface area contributed by atoms with Crippen molar-refractivity contribution in [2.24, 2.45) is 0 Å². The Hall–Kier alpha value is -1.68. The molecular weight excluding hydrogens is 195 g/mol. The molecule has 0 aliphatic carbocycles. The number of halogens is 1. The third kappa shape index (κ3) is 2.22. The SMILES string of the molecule is OCc1ccc(Cn2cccn2)cc1F. The standard InChI is InChI=1S/C11H11FN2O/c12-11-6-9(2-3-10(11)8-15)7-14-5-1-4-13-14/h1-6,15H,7-8H2. The van der Waals surface area contributed by atoms with Crippen molar-refractivity contribution in [1.29, 1.82) is 0 Å². The van der Waals surface area contributed by atoms with Crippen LogP contribution >= 0.6 is 0 Å². The molecule has 3 nitrogen and oxygen atoms in total. The molecule has 15 heavy (non-hydrogen) atoms. The van der Waals surface area contributed by atoms with Crippen LogP contribution in [-0.4, -0.2) is 14.9 Å². The lowest BCUT2D eigenvalue weighted by Crippen LogP contribution is -2.01. The number of rotatable bonds is 3. The van der Waals surface area contributed by atoms with E-state index in [1.807, 2.05) is 12.3 Å². The first-order valence-corrected chi connectivity index (χ1v) is 4.65. The van der Waals surface area contributed by atoms with Gasteiger partial charge in [-0.3, -0.25) is 4.68 Å². The molecule has 4 heteroatoms. The number of aliphatic hydroxyl groups is 1. The smallest absolute Gasteiger partial charge is 0.129 e. The van der Waals surface area contributed by atoms with Gasteiger partial charge in [-0.05, 0) is 17.7 Å². The fourth-order valence-corrected chi connectivity index (χ4v) is 1.40. The topological polar surface area (TPSA) is 38.0 Å². The highest BCUT2D eigenvalue weighted by atomic mass is 19.1. The first-order valence-electron chi connectivity index (χ1n) is 4.65. The molecule has 0 unspecified atom stereocenters. The largest absolute Gasteiger partial charge is 0.392 e. The molecule has 78 valence electrons. The van der Waals surface area contributed by atoms with Crippen molar-refractivity contribution in [3.63, 3.8) is 0 Å². The summed E-state index contributed by atoms with van der Waals surface area (Å²) in [6.07, 6.45) is 3.50. The second kappa shape index (κ2) is 4.23. The van der Waals surface area contributed by atoms with Gasteiger partial charge in [-0.1, -0.05) is 12.1 Å². The average molecular weight is 206 g/mol. The lowest BCUT2D eigenvalue weighted by atomic mass is 10.1. The molecule has 1 N–H and O–H groups in total. The van der Waals surface area contributed by atoms with Crippen molar-refractivity contribution in [3.05, 3.63) is 53.6 Å².